The van der Waals surface area contributed by atoms with Crippen LogP contribution in [0, 0.1) is 0 Å². The Bertz CT molecular complexity index is 336. The van der Waals surface area contributed by atoms with E-state index in [1.54, 1.807) is 7.11 Å². The van der Waals surface area contributed by atoms with Crippen LogP contribution in [-0.2, 0) is 4.74 Å². The zero-order chi connectivity index (χ0) is 11.8. The monoisotopic (exact) mass is 342 g/mol. The molecule has 0 spiro atoms. The largest absolute Gasteiger partial charge is 0.383 e. The fourth-order valence-corrected chi connectivity index (χ4v) is 2.43. The first-order valence-electron chi connectivity index (χ1n) is 4.96. The van der Waals surface area contributed by atoms with Gasteiger partial charge < -0.3 is 15.4 Å². The molecule has 1 amide bonds. The smallest absolute Gasteiger partial charge is 0.261 e. The molecule has 7 heteroatoms. The molecule has 17 heavy (non-hydrogen) atoms. The molecule has 2 N–H and O–H groups in total. The predicted molar refractivity (Wildman–Crippen MR) is 76.3 cm³/mol. The van der Waals surface area contributed by atoms with Gasteiger partial charge in [0.15, 0.2) is 0 Å². The van der Waals surface area contributed by atoms with Gasteiger partial charge in [-0.2, -0.15) is 0 Å². The van der Waals surface area contributed by atoms with E-state index >= 15 is 0 Å². The van der Waals surface area contributed by atoms with Gasteiger partial charge in [-0.1, -0.05) is 0 Å². The lowest BCUT2D eigenvalue weighted by atomic mass is 10.4. The molecule has 0 atom stereocenters. The second-order valence-electron chi connectivity index (χ2n) is 3.13. The van der Waals surface area contributed by atoms with Crippen molar-refractivity contribution < 1.29 is 9.53 Å². The molecule has 1 heterocycles. The Morgan fingerprint density at radius 1 is 1.47 bits per heavy atom. The van der Waals surface area contributed by atoms with E-state index in [4.69, 9.17) is 4.74 Å². The number of rotatable bonds is 7. The van der Waals surface area contributed by atoms with Crippen LogP contribution in [0.5, 0.6) is 0 Å². The molecule has 1 rings (SSSR count). The van der Waals surface area contributed by atoms with Crippen LogP contribution in [0.3, 0.4) is 0 Å². The summed E-state index contributed by atoms with van der Waals surface area (Å²) in [5.41, 5.74) is 0. The van der Waals surface area contributed by atoms with Gasteiger partial charge >= 0.3 is 0 Å². The minimum absolute atomic E-state index is 0. The van der Waals surface area contributed by atoms with E-state index in [1.165, 1.54) is 11.3 Å². The fraction of sp³-hybridized carbons (Fsp3) is 0.500. The Morgan fingerprint density at radius 2 is 2.24 bits per heavy atom. The lowest BCUT2D eigenvalue weighted by molar-refractivity contribution is 0.0957. The van der Waals surface area contributed by atoms with E-state index in [2.05, 4.69) is 26.6 Å². The van der Waals surface area contributed by atoms with Crippen molar-refractivity contribution in [3.63, 3.8) is 0 Å². The Kier molecular flexibility index (Phi) is 9.76. The molecule has 98 valence electrons. The number of thiophene rings is 1. The number of nitrogens with one attached hydrogen (secondary N) is 2. The number of halogens is 2. The first kappa shape index (κ1) is 16.9. The number of carbonyl (C=O) groups excluding carboxylic acids is 1. The molecule has 1 aromatic heterocycles. The van der Waals surface area contributed by atoms with Gasteiger partial charge in [0, 0.05) is 36.6 Å². The molecule has 0 radical (unpaired) electrons. The minimum atomic E-state index is -0.0239. The van der Waals surface area contributed by atoms with Gasteiger partial charge in [-0.3, -0.25) is 4.79 Å². The maximum atomic E-state index is 11.6. The van der Waals surface area contributed by atoms with Crippen LogP contribution in [0.25, 0.3) is 0 Å². The summed E-state index contributed by atoms with van der Waals surface area (Å²) in [6.07, 6.45) is 0. The number of ether oxygens (including phenoxy) is 1. The summed E-state index contributed by atoms with van der Waals surface area (Å²) in [4.78, 5) is 12.3. The SMILES string of the molecule is COCCNCCNC(=O)c1cc(Br)cs1.Cl. The quantitative estimate of drug-likeness (QED) is 0.744. The predicted octanol–water partition coefficient (Wildman–Crippen LogP) is 1.90. The summed E-state index contributed by atoms with van der Waals surface area (Å²) in [6, 6.07) is 1.82. The summed E-state index contributed by atoms with van der Waals surface area (Å²) in [5.74, 6) is -0.0239. The lowest BCUT2D eigenvalue weighted by Crippen LogP contribution is -2.32. The third-order valence-corrected chi connectivity index (χ3v) is 3.55. The van der Waals surface area contributed by atoms with Crippen LogP contribution < -0.4 is 10.6 Å². The Hall–Kier alpha value is -0.140. The van der Waals surface area contributed by atoms with Crippen molar-refractivity contribution in [2.24, 2.45) is 0 Å². The van der Waals surface area contributed by atoms with Crippen molar-refractivity contribution in [3.8, 4) is 0 Å². The number of hydrogen-bond acceptors (Lipinski definition) is 4. The van der Waals surface area contributed by atoms with E-state index < -0.39 is 0 Å². The molecule has 0 aromatic carbocycles. The van der Waals surface area contributed by atoms with E-state index in [-0.39, 0.29) is 18.3 Å². The van der Waals surface area contributed by atoms with Crippen LogP contribution in [0.2, 0.25) is 0 Å². The average molecular weight is 344 g/mol. The third-order valence-electron chi connectivity index (χ3n) is 1.86. The van der Waals surface area contributed by atoms with Crippen LogP contribution in [0.4, 0.5) is 0 Å². The summed E-state index contributed by atoms with van der Waals surface area (Å²) >= 11 is 4.75. The van der Waals surface area contributed by atoms with Gasteiger partial charge in [-0.25, -0.2) is 0 Å². The van der Waals surface area contributed by atoms with Crippen molar-refractivity contribution in [2.45, 2.75) is 0 Å². The molecule has 0 saturated heterocycles. The van der Waals surface area contributed by atoms with Gasteiger partial charge in [-0.15, -0.1) is 23.7 Å². The Morgan fingerprint density at radius 3 is 2.82 bits per heavy atom. The van der Waals surface area contributed by atoms with Gasteiger partial charge in [-0.05, 0) is 22.0 Å². The summed E-state index contributed by atoms with van der Waals surface area (Å²) < 4.78 is 5.83. The van der Waals surface area contributed by atoms with E-state index in [0.29, 0.717) is 13.2 Å². The van der Waals surface area contributed by atoms with E-state index in [1.807, 2.05) is 11.4 Å². The highest BCUT2D eigenvalue weighted by atomic mass is 79.9. The van der Waals surface area contributed by atoms with Crippen molar-refractivity contribution in [1.82, 2.24) is 10.6 Å². The molecule has 0 unspecified atom stereocenters. The van der Waals surface area contributed by atoms with Gasteiger partial charge in [0.2, 0.25) is 0 Å². The number of carbonyl (C=O) groups is 1. The molecule has 4 nitrogen and oxygen atoms in total. The molecular formula is C10H16BrClN2O2S. The average Bonchev–Trinajstić information content (AvgIpc) is 2.70. The van der Waals surface area contributed by atoms with Crippen molar-refractivity contribution in [3.05, 3.63) is 20.8 Å². The van der Waals surface area contributed by atoms with Gasteiger partial charge in [0.05, 0.1) is 11.5 Å². The molecule has 0 bridgehead atoms. The second-order valence-corrected chi connectivity index (χ2v) is 4.95. The molecule has 0 aliphatic rings. The first-order valence-corrected chi connectivity index (χ1v) is 6.63. The van der Waals surface area contributed by atoms with Crippen LogP contribution in [0.15, 0.2) is 15.9 Å². The number of amides is 1. The van der Waals surface area contributed by atoms with Crippen molar-refractivity contribution >= 4 is 45.6 Å². The first-order chi connectivity index (χ1) is 7.74. The third kappa shape index (κ3) is 7.00. The van der Waals surface area contributed by atoms with Gasteiger partial charge in [0.25, 0.3) is 5.91 Å². The molecule has 0 fully saturated rings. The van der Waals surface area contributed by atoms with Crippen LogP contribution >= 0.6 is 39.7 Å². The minimum Gasteiger partial charge on any atom is -0.383 e. The van der Waals surface area contributed by atoms with E-state index in [0.717, 1.165) is 22.4 Å². The summed E-state index contributed by atoms with van der Waals surface area (Å²) in [5, 5.41) is 7.88. The highest BCUT2D eigenvalue weighted by Gasteiger charge is 2.06. The zero-order valence-corrected chi connectivity index (χ0v) is 12.7. The fourth-order valence-electron chi connectivity index (χ4n) is 1.08. The van der Waals surface area contributed by atoms with Crippen LogP contribution in [-0.4, -0.2) is 39.3 Å². The zero-order valence-electron chi connectivity index (χ0n) is 9.49. The molecule has 0 aliphatic heterocycles. The lowest BCUT2D eigenvalue weighted by Gasteiger charge is -2.05. The van der Waals surface area contributed by atoms with Crippen LogP contribution in [0.1, 0.15) is 9.67 Å². The molecule has 0 aliphatic carbocycles. The summed E-state index contributed by atoms with van der Waals surface area (Å²) in [7, 11) is 1.66. The topological polar surface area (TPSA) is 50.4 Å². The number of hydrogen-bond donors (Lipinski definition) is 2. The van der Waals surface area contributed by atoms with Gasteiger partial charge in [0.1, 0.15) is 0 Å². The second kappa shape index (κ2) is 9.85. The maximum absolute atomic E-state index is 11.6. The highest BCUT2D eigenvalue weighted by molar-refractivity contribution is 9.10. The molecule has 0 saturated carbocycles. The van der Waals surface area contributed by atoms with Crippen molar-refractivity contribution in [1.29, 1.82) is 0 Å². The maximum Gasteiger partial charge on any atom is 0.261 e. The summed E-state index contributed by atoms with van der Waals surface area (Å²) in [6.45, 7) is 2.86. The highest BCUT2D eigenvalue weighted by Crippen LogP contribution is 2.19. The molecule has 1 aromatic rings. The standard InChI is InChI=1S/C10H15BrN2O2S.ClH/c1-15-5-4-12-2-3-13-10(14)9-6-8(11)7-16-9;/h6-7,12H,2-5H2,1H3,(H,13,14);1H. The molecular weight excluding hydrogens is 328 g/mol. The Balaban J connectivity index is 0.00000256. The van der Waals surface area contributed by atoms with Crippen molar-refractivity contribution in [2.75, 3.05) is 33.4 Å². The van der Waals surface area contributed by atoms with E-state index in [9.17, 15) is 4.79 Å². The normalized spacial score (nSPS) is 9.76. The number of methoxy groups -OCH3 is 1. The Labute approximate surface area is 120 Å².